The molecule has 0 atom stereocenters. The molecule has 0 aliphatic carbocycles. The van der Waals surface area contributed by atoms with E-state index in [9.17, 15) is 9.59 Å². The Kier molecular flexibility index (Phi) is 6.15. The van der Waals surface area contributed by atoms with E-state index in [0.717, 1.165) is 18.4 Å². The fraction of sp³-hybridized carbons (Fsp3) is 0.591. The first kappa shape index (κ1) is 21.1. The van der Waals surface area contributed by atoms with E-state index < -0.39 is 5.60 Å². The molecule has 3 heterocycles. The Morgan fingerprint density at radius 2 is 1.86 bits per heavy atom. The monoisotopic (exact) mass is 400 g/mol. The number of ether oxygens (including phenoxy) is 1. The van der Waals surface area contributed by atoms with Crippen LogP contribution >= 0.6 is 0 Å². The standard InChI is InChI=1S/C22H32N4O3/c1-6-24(7-2)20(27)18-15-23-26-13-10-17(14-19(18)26)16-8-11-25(12-9-16)21(28)29-22(3,4)5/h10,13-16H,6-9,11-12H2,1-5H3. The predicted molar refractivity (Wildman–Crippen MR) is 112 cm³/mol. The third-order valence-corrected chi connectivity index (χ3v) is 5.44. The molecule has 7 nitrogen and oxygen atoms in total. The molecule has 3 rings (SSSR count). The van der Waals surface area contributed by atoms with Crippen molar-refractivity contribution >= 4 is 17.5 Å². The van der Waals surface area contributed by atoms with Crippen molar-refractivity contribution in [2.75, 3.05) is 26.2 Å². The number of carbonyl (C=O) groups is 2. The minimum absolute atomic E-state index is 0.0156. The molecule has 1 fully saturated rings. The van der Waals surface area contributed by atoms with Gasteiger partial charge in [0.15, 0.2) is 0 Å². The van der Waals surface area contributed by atoms with Crippen molar-refractivity contribution in [2.24, 2.45) is 0 Å². The summed E-state index contributed by atoms with van der Waals surface area (Å²) in [5.74, 6) is 0.367. The van der Waals surface area contributed by atoms with Crippen LogP contribution in [0.2, 0.25) is 0 Å². The number of rotatable bonds is 4. The first-order valence-corrected chi connectivity index (χ1v) is 10.5. The highest BCUT2D eigenvalue weighted by molar-refractivity contribution is 6.00. The van der Waals surface area contributed by atoms with Crippen LogP contribution < -0.4 is 0 Å². The van der Waals surface area contributed by atoms with Gasteiger partial charge in [0.2, 0.25) is 0 Å². The largest absolute Gasteiger partial charge is 0.444 e. The molecule has 2 aromatic rings. The summed E-state index contributed by atoms with van der Waals surface area (Å²) in [4.78, 5) is 28.7. The van der Waals surface area contributed by atoms with Crippen molar-refractivity contribution in [1.82, 2.24) is 19.4 Å². The molecule has 0 N–H and O–H groups in total. The number of aromatic nitrogens is 2. The Hall–Kier alpha value is -2.57. The van der Waals surface area contributed by atoms with Gasteiger partial charge in [0, 0.05) is 32.4 Å². The first-order chi connectivity index (χ1) is 13.7. The Balaban J connectivity index is 1.74. The van der Waals surface area contributed by atoms with Crippen LogP contribution in [0.5, 0.6) is 0 Å². The van der Waals surface area contributed by atoms with E-state index in [1.807, 2.05) is 45.7 Å². The molecule has 158 valence electrons. The third kappa shape index (κ3) is 4.71. The van der Waals surface area contributed by atoms with Gasteiger partial charge in [-0.25, -0.2) is 9.31 Å². The number of nitrogens with zero attached hydrogens (tertiary/aromatic N) is 4. The Bertz CT molecular complexity index is 872. The van der Waals surface area contributed by atoms with Crippen LogP contribution in [0.3, 0.4) is 0 Å². The molecule has 0 bridgehead atoms. The lowest BCUT2D eigenvalue weighted by atomic mass is 9.90. The van der Waals surface area contributed by atoms with Crippen LogP contribution in [-0.4, -0.2) is 63.2 Å². The van der Waals surface area contributed by atoms with Crippen LogP contribution in [0.4, 0.5) is 4.79 Å². The SMILES string of the molecule is CCN(CC)C(=O)c1cnn2ccc(C3CCN(C(=O)OC(C)(C)C)CC3)cc12. The van der Waals surface area contributed by atoms with Gasteiger partial charge in [0.1, 0.15) is 5.60 Å². The smallest absolute Gasteiger partial charge is 0.410 e. The van der Waals surface area contributed by atoms with Crippen molar-refractivity contribution in [3.8, 4) is 0 Å². The number of carbonyl (C=O) groups excluding carboxylic acids is 2. The van der Waals surface area contributed by atoms with Crippen LogP contribution in [0.15, 0.2) is 24.5 Å². The Labute approximate surface area is 172 Å². The van der Waals surface area contributed by atoms with E-state index in [2.05, 4.69) is 17.2 Å². The number of amides is 2. The van der Waals surface area contributed by atoms with Crippen LogP contribution in [0.25, 0.3) is 5.52 Å². The molecule has 29 heavy (non-hydrogen) atoms. The summed E-state index contributed by atoms with van der Waals surface area (Å²) in [5, 5.41) is 4.35. The van der Waals surface area contributed by atoms with E-state index >= 15 is 0 Å². The van der Waals surface area contributed by atoms with Crippen LogP contribution in [-0.2, 0) is 4.74 Å². The summed E-state index contributed by atoms with van der Waals surface area (Å²) in [6.45, 7) is 12.3. The van der Waals surface area contributed by atoms with E-state index in [-0.39, 0.29) is 12.0 Å². The molecular weight excluding hydrogens is 368 g/mol. The predicted octanol–water partition coefficient (Wildman–Crippen LogP) is 3.93. The highest BCUT2D eigenvalue weighted by atomic mass is 16.6. The van der Waals surface area contributed by atoms with Gasteiger partial charge in [0.05, 0.1) is 17.3 Å². The summed E-state index contributed by atoms with van der Waals surface area (Å²) in [6.07, 6.45) is 5.09. The summed E-state index contributed by atoms with van der Waals surface area (Å²) in [7, 11) is 0. The van der Waals surface area contributed by atoms with Crippen molar-refractivity contribution in [3.05, 3.63) is 35.7 Å². The lowest BCUT2D eigenvalue weighted by molar-refractivity contribution is 0.0204. The summed E-state index contributed by atoms with van der Waals surface area (Å²) in [5.41, 5.74) is 2.19. The minimum Gasteiger partial charge on any atom is -0.444 e. The average molecular weight is 401 g/mol. The molecule has 7 heteroatoms. The Morgan fingerprint density at radius 1 is 1.21 bits per heavy atom. The normalized spacial score (nSPS) is 15.6. The number of pyridine rings is 1. The van der Waals surface area contributed by atoms with Crippen molar-refractivity contribution < 1.29 is 14.3 Å². The van der Waals surface area contributed by atoms with E-state index in [4.69, 9.17) is 4.74 Å². The summed E-state index contributed by atoms with van der Waals surface area (Å²) in [6, 6.07) is 4.15. The number of hydrogen-bond acceptors (Lipinski definition) is 4. The molecule has 1 aliphatic heterocycles. The average Bonchev–Trinajstić information content (AvgIpc) is 3.11. The maximum absolute atomic E-state index is 12.8. The molecule has 1 saturated heterocycles. The highest BCUT2D eigenvalue weighted by Crippen LogP contribution is 2.30. The minimum atomic E-state index is -0.477. The van der Waals surface area contributed by atoms with Gasteiger partial charge in [-0.3, -0.25) is 4.79 Å². The lowest BCUT2D eigenvalue weighted by Gasteiger charge is -2.33. The molecule has 0 unspecified atom stereocenters. The number of piperidine rings is 1. The zero-order chi connectivity index (χ0) is 21.2. The molecule has 0 radical (unpaired) electrons. The fourth-order valence-electron chi connectivity index (χ4n) is 3.82. The van der Waals surface area contributed by atoms with Crippen LogP contribution in [0.1, 0.15) is 69.3 Å². The van der Waals surface area contributed by atoms with Gasteiger partial charge in [-0.05, 0) is 71.1 Å². The maximum atomic E-state index is 12.8. The molecule has 0 aromatic carbocycles. The van der Waals surface area contributed by atoms with Crippen LogP contribution in [0, 0.1) is 0 Å². The van der Waals surface area contributed by atoms with Crippen molar-refractivity contribution in [3.63, 3.8) is 0 Å². The number of fused-ring (bicyclic) bond motifs is 1. The van der Waals surface area contributed by atoms with Gasteiger partial charge in [-0.2, -0.15) is 5.10 Å². The molecule has 0 saturated carbocycles. The van der Waals surface area contributed by atoms with Gasteiger partial charge in [-0.1, -0.05) is 0 Å². The lowest BCUT2D eigenvalue weighted by Crippen LogP contribution is -2.41. The molecular formula is C22H32N4O3. The van der Waals surface area contributed by atoms with E-state index in [0.29, 0.717) is 37.7 Å². The third-order valence-electron chi connectivity index (χ3n) is 5.44. The van der Waals surface area contributed by atoms with Gasteiger partial charge >= 0.3 is 6.09 Å². The van der Waals surface area contributed by atoms with Gasteiger partial charge in [0.25, 0.3) is 5.91 Å². The van der Waals surface area contributed by atoms with E-state index in [1.54, 1.807) is 15.6 Å². The number of likely N-dealkylation sites (tertiary alicyclic amines) is 1. The molecule has 0 spiro atoms. The number of hydrogen-bond donors (Lipinski definition) is 0. The highest BCUT2D eigenvalue weighted by Gasteiger charge is 2.28. The van der Waals surface area contributed by atoms with Crippen molar-refractivity contribution in [2.45, 2.75) is 59.0 Å². The zero-order valence-corrected chi connectivity index (χ0v) is 18.1. The quantitative estimate of drug-likeness (QED) is 0.780. The summed E-state index contributed by atoms with van der Waals surface area (Å²) >= 11 is 0. The van der Waals surface area contributed by atoms with Gasteiger partial charge < -0.3 is 14.5 Å². The molecule has 2 aromatic heterocycles. The molecule has 2 amide bonds. The second-order valence-corrected chi connectivity index (χ2v) is 8.57. The second-order valence-electron chi connectivity index (χ2n) is 8.57. The fourth-order valence-corrected chi connectivity index (χ4v) is 3.82. The summed E-state index contributed by atoms with van der Waals surface area (Å²) < 4.78 is 7.24. The maximum Gasteiger partial charge on any atom is 0.410 e. The second kappa shape index (κ2) is 8.43. The topological polar surface area (TPSA) is 67.2 Å². The zero-order valence-electron chi connectivity index (χ0n) is 18.1. The van der Waals surface area contributed by atoms with Gasteiger partial charge in [-0.15, -0.1) is 0 Å². The Morgan fingerprint density at radius 3 is 2.45 bits per heavy atom. The van der Waals surface area contributed by atoms with Crippen molar-refractivity contribution in [1.29, 1.82) is 0 Å². The first-order valence-electron chi connectivity index (χ1n) is 10.5. The van der Waals surface area contributed by atoms with E-state index in [1.165, 1.54) is 5.56 Å². The molecule has 1 aliphatic rings.